The third-order valence-electron chi connectivity index (χ3n) is 3.80. The van der Waals surface area contributed by atoms with Gasteiger partial charge < -0.3 is 20.1 Å². The number of phenolic OH excluding ortho intramolecular Hbond substituents is 3. The van der Waals surface area contributed by atoms with E-state index >= 15 is 0 Å². The number of aromatic hydroxyl groups is 3. The van der Waals surface area contributed by atoms with Gasteiger partial charge in [-0.15, -0.1) is 0 Å². The normalized spacial score (nSPS) is 16.9. The average Bonchev–Trinajstić information content (AvgIpc) is 2.45. The van der Waals surface area contributed by atoms with Gasteiger partial charge in [-0.2, -0.15) is 0 Å². The average molecular weight is 300 g/mol. The van der Waals surface area contributed by atoms with E-state index in [2.05, 4.69) is 0 Å². The highest BCUT2D eigenvalue weighted by molar-refractivity contribution is 5.95. The molecule has 0 saturated carbocycles. The number of hydrogen-bond acceptors (Lipinski definition) is 5. The third-order valence-corrected chi connectivity index (χ3v) is 3.80. The van der Waals surface area contributed by atoms with Crippen molar-refractivity contribution in [2.75, 3.05) is 0 Å². The summed E-state index contributed by atoms with van der Waals surface area (Å²) in [6.07, 6.45) is 1.50. The lowest BCUT2D eigenvalue weighted by Crippen LogP contribution is -2.28. The number of ether oxygens (including phenoxy) is 1. The Morgan fingerprint density at radius 1 is 1.05 bits per heavy atom. The zero-order valence-corrected chi connectivity index (χ0v) is 11.8. The van der Waals surface area contributed by atoms with Crippen molar-refractivity contribution in [3.63, 3.8) is 0 Å². The molecule has 1 heterocycles. The van der Waals surface area contributed by atoms with Gasteiger partial charge in [0.05, 0.1) is 0 Å². The molecule has 0 unspecified atom stereocenters. The molecule has 3 rings (SSSR count). The number of phenols is 3. The number of esters is 1. The van der Waals surface area contributed by atoms with Crippen molar-refractivity contribution < 1.29 is 24.9 Å². The summed E-state index contributed by atoms with van der Waals surface area (Å²) in [5.74, 6) is -0.664. The Bertz CT molecular complexity index is 706. The Hall–Kier alpha value is -2.69. The van der Waals surface area contributed by atoms with Crippen LogP contribution in [0.3, 0.4) is 0 Å². The first-order valence-corrected chi connectivity index (χ1v) is 7.06. The van der Waals surface area contributed by atoms with E-state index in [1.807, 2.05) is 12.1 Å². The topological polar surface area (TPSA) is 87.0 Å². The van der Waals surface area contributed by atoms with Crippen LogP contribution in [-0.4, -0.2) is 27.4 Å². The molecule has 0 amide bonds. The summed E-state index contributed by atoms with van der Waals surface area (Å²) in [5.41, 5.74) is 1.78. The van der Waals surface area contributed by atoms with Crippen LogP contribution < -0.4 is 0 Å². The molecule has 3 N–H and O–H groups in total. The van der Waals surface area contributed by atoms with Crippen LogP contribution in [0.1, 0.15) is 27.9 Å². The molecular weight excluding hydrogens is 284 g/mol. The third kappa shape index (κ3) is 2.83. The van der Waals surface area contributed by atoms with Gasteiger partial charge in [-0.25, -0.2) is 4.79 Å². The summed E-state index contributed by atoms with van der Waals surface area (Å²) in [4.78, 5) is 12.0. The van der Waals surface area contributed by atoms with E-state index in [0.717, 1.165) is 11.6 Å². The lowest BCUT2D eigenvalue weighted by molar-refractivity contribution is 0.0234. The number of benzene rings is 2. The minimum Gasteiger partial charge on any atom is -0.508 e. The van der Waals surface area contributed by atoms with Crippen molar-refractivity contribution in [3.8, 4) is 17.2 Å². The number of rotatable bonds is 3. The molecule has 0 radical (unpaired) electrons. The van der Waals surface area contributed by atoms with Gasteiger partial charge in [-0.1, -0.05) is 12.1 Å². The molecule has 0 spiro atoms. The van der Waals surface area contributed by atoms with E-state index in [0.29, 0.717) is 24.8 Å². The maximum Gasteiger partial charge on any atom is 0.342 e. The maximum atomic E-state index is 12.0. The monoisotopic (exact) mass is 300 g/mol. The Labute approximate surface area is 127 Å². The molecule has 2 aromatic rings. The van der Waals surface area contributed by atoms with Crippen LogP contribution in [0.25, 0.3) is 0 Å². The molecule has 0 bridgehead atoms. The van der Waals surface area contributed by atoms with E-state index in [-0.39, 0.29) is 28.9 Å². The van der Waals surface area contributed by atoms with E-state index in [1.54, 1.807) is 12.1 Å². The van der Waals surface area contributed by atoms with E-state index < -0.39 is 5.97 Å². The van der Waals surface area contributed by atoms with Gasteiger partial charge in [0.15, 0.2) is 0 Å². The van der Waals surface area contributed by atoms with Crippen molar-refractivity contribution >= 4 is 5.97 Å². The summed E-state index contributed by atoms with van der Waals surface area (Å²) < 4.78 is 5.35. The molecule has 1 atom stereocenters. The van der Waals surface area contributed by atoms with Gasteiger partial charge in [0.1, 0.15) is 28.9 Å². The Morgan fingerprint density at radius 3 is 2.50 bits per heavy atom. The summed E-state index contributed by atoms with van der Waals surface area (Å²) in [5, 5.41) is 28.5. The Balaban J connectivity index is 1.72. The molecule has 22 heavy (non-hydrogen) atoms. The smallest absolute Gasteiger partial charge is 0.342 e. The molecular formula is C17H16O5. The molecule has 0 aliphatic carbocycles. The first-order chi connectivity index (χ1) is 10.5. The van der Waals surface area contributed by atoms with Crippen LogP contribution in [0, 0.1) is 0 Å². The Morgan fingerprint density at radius 2 is 1.77 bits per heavy atom. The fourth-order valence-electron chi connectivity index (χ4n) is 2.71. The van der Waals surface area contributed by atoms with Crippen molar-refractivity contribution in [2.45, 2.75) is 25.4 Å². The molecule has 5 heteroatoms. The molecule has 2 aromatic carbocycles. The number of carbonyl (C=O) groups is 1. The lowest BCUT2D eigenvalue weighted by atomic mass is 9.94. The fraction of sp³-hybridized carbons (Fsp3) is 0.235. The number of hydrogen-bond donors (Lipinski definition) is 3. The predicted octanol–water partition coefficient (Wildman–Crippen LogP) is 2.52. The second-order valence-corrected chi connectivity index (χ2v) is 5.44. The second-order valence-electron chi connectivity index (χ2n) is 5.44. The van der Waals surface area contributed by atoms with Crippen molar-refractivity contribution in [2.24, 2.45) is 0 Å². The number of cyclic esters (lactones) is 1. The van der Waals surface area contributed by atoms with Crippen molar-refractivity contribution in [3.05, 3.63) is 53.1 Å². The van der Waals surface area contributed by atoms with Crippen LogP contribution in [0.2, 0.25) is 0 Å². The van der Waals surface area contributed by atoms with Crippen LogP contribution in [0.15, 0.2) is 36.4 Å². The maximum absolute atomic E-state index is 12.0. The van der Waals surface area contributed by atoms with Crippen LogP contribution >= 0.6 is 0 Å². The molecule has 1 aliphatic heterocycles. The molecule has 1 aliphatic rings. The molecule has 5 nitrogen and oxygen atoms in total. The minimum absolute atomic E-state index is 0.0664. The van der Waals surface area contributed by atoms with Crippen LogP contribution in [0.4, 0.5) is 0 Å². The molecule has 0 fully saturated rings. The van der Waals surface area contributed by atoms with Gasteiger partial charge >= 0.3 is 5.97 Å². The standard InChI is InChI=1S/C17H16O5/c18-12-4-1-10(2-5-12)3-6-14-8-11-7-13(19)9-15(20)16(11)17(21)22-14/h1-2,4-5,7,9,14,18-20H,3,6,8H2/t14-/m0/s1. The zero-order chi connectivity index (χ0) is 15.7. The number of fused-ring (bicyclic) bond motifs is 1. The van der Waals surface area contributed by atoms with E-state index in [9.17, 15) is 20.1 Å². The summed E-state index contributed by atoms with van der Waals surface area (Å²) >= 11 is 0. The molecule has 0 saturated heterocycles. The van der Waals surface area contributed by atoms with E-state index in [4.69, 9.17) is 4.74 Å². The molecule has 114 valence electrons. The highest BCUT2D eigenvalue weighted by atomic mass is 16.5. The largest absolute Gasteiger partial charge is 0.508 e. The number of carbonyl (C=O) groups excluding carboxylic acids is 1. The van der Waals surface area contributed by atoms with Crippen LogP contribution in [-0.2, 0) is 17.6 Å². The van der Waals surface area contributed by atoms with Gasteiger partial charge in [0.2, 0.25) is 0 Å². The second kappa shape index (κ2) is 5.60. The van der Waals surface area contributed by atoms with Crippen molar-refractivity contribution in [1.29, 1.82) is 0 Å². The first-order valence-electron chi connectivity index (χ1n) is 7.06. The summed E-state index contributed by atoms with van der Waals surface area (Å²) in [6, 6.07) is 9.51. The minimum atomic E-state index is -0.561. The van der Waals surface area contributed by atoms with E-state index in [1.165, 1.54) is 6.07 Å². The molecule has 0 aromatic heterocycles. The quantitative estimate of drug-likeness (QED) is 0.758. The first kappa shape index (κ1) is 14.3. The summed E-state index contributed by atoms with van der Waals surface area (Å²) in [7, 11) is 0. The number of aryl methyl sites for hydroxylation is 1. The highest BCUT2D eigenvalue weighted by Gasteiger charge is 2.29. The van der Waals surface area contributed by atoms with Gasteiger partial charge in [-0.3, -0.25) is 0 Å². The van der Waals surface area contributed by atoms with Crippen LogP contribution in [0.5, 0.6) is 17.2 Å². The fourth-order valence-corrected chi connectivity index (χ4v) is 2.71. The lowest BCUT2D eigenvalue weighted by Gasteiger charge is -2.25. The van der Waals surface area contributed by atoms with Gasteiger partial charge in [0.25, 0.3) is 0 Å². The van der Waals surface area contributed by atoms with Gasteiger partial charge in [0, 0.05) is 12.5 Å². The SMILES string of the molecule is O=C1O[C@@H](CCc2ccc(O)cc2)Cc2cc(O)cc(O)c21. The van der Waals surface area contributed by atoms with Gasteiger partial charge in [-0.05, 0) is 42.2 Å². The summed E-state index contributed by atoms with van der Waals surface area (Å²) in [6.45, 7) is 0. The zero-order valence-electron chi connectivity index (χ0n) is 11.8. The van der Waals surface area contributed by atoms with Crippen molar-refractivity contribution in [1.82, 2.24) is 0 Å². The Kier molecular flexibility index (Phi) is 3.63. The predicted molar refractivity (Wildman–Crippen MR) is 79.1 cm³/mol. The highest BCUT2D eigenvalue weighted by Crippen LogP contribution is 2.33.